The van der Waals surface area contributed by atoms with Crippen molar-refractivity contribution in [2.45, 2.75) is 45.6 Å². The summed E-state index contributed by atoms with van der Waals surface area (Å²) in [5.41, 5.74) is -0.773. The molecular formula is C14H26N2O4. The van der Waals surface area contributed by atoms with Gasteiger partial charge < -0.3 is 20.1 Å². The van der Waals surface area contributed by atoms with E-state index in [1.54, 1.807) is 7.05 Å². The summed E-state index contributed by atoms with van der Waals surface area (Å²) in [6.45, 7) is 5.06. The summed E-state index contributed by atoms with van der Waals surface area (Å²) in [6, 6.07) is -0.245. The normalized spacial score (nSPS) is 17.2. The average Bonchev–Trinajstić information content (AvgIpc) is 2.85. The van der Waals surface area contributed by atoms with Crippen LogP contribution in [0.5, 0.6) is 0 Å². The van der Waals surface area contributed by atoms with Gasteiger partial charge >= 0.3 is 12.0 Å². The van der Waals surface area contributed by atoms with Crippen molar-refractivity contribution in [3.05, 3.63) is 0 Å². The molecule has 6 nitrogen and oxygen atoms in total. The zero-order chi connectivity index (χ0) is 15.2. The highest BCUT2D eigenvalue weighted by Crippen LogP contribution is 2.37. The molecule has 0 radical (unpaired) electrons. The highest BCUT2D eigenvalue weighted by Gasteiger charge is 2.41. The van der Waals surface area contributed by atoms with E-state index < -0.39 is 11.4 Å². The molecule has 116 valence electrons. The van der Waals surface area contributed by atoms with Crippen LogP contribution in [0.3, 0.4) is 0 Å². The van der Waals surface area contributed by atoms with E-state index in [-0.39, 0.29) is 18.7 Å². The maximum absolute atomic E-state index is 11.9. The second-order valence-corrected chi connectivity index (χ2v) is 5.79. The Morgan fingerprint density at radius 3 is 2.45 bits per heavy atom. The van der Waals surface area contributed by atoms with Gasteiger partial charge in [-0.3, -0.25) is 4.79 Å². The number of nitrogens with one attached hydrogen (secondary N) is 1. The number of carboxylic acid groups (broad SMARTS) is 1. The monoisotopic (exact) mass is 286 g/mol. The number of rotatable bonds is 7. The van der Waals surface area contributed by atoms with Crippen molar-refractivity contribution in [2.75, 3.05) is 26.7 Å². The van der Waals surface area contributed by atoms with Crippen molar-refractivity contribution in [3.63, 3.8) is 0 Å². The summed E-state index contributed by atoms with van der Waals surface area (Å²) >= 11 is 0. The predicted molar refractivity (Wildman–Crippen MR) is 75.7 cm³/mol. The third-order valence-corrected chi connectivity index (χ3v) is 3.82. The van der Waals surface area contributed by atoms with E-state index >= 15 is 0 Å². The number of hydrogen-bond acceptors (Lipinski definition) is 3. The molecule has 1 aliphatic carbocycles. The first kappa shape index (κ1) is 16.8. The minimum atomic E-state index is -0.805. The number of likely N-dealkylation sites (N-methyl/N-ethyl adjacent to an activating group) is 1. The molecule has 20 heavy (non-hydrogen) atoms. The molecule has 0 aromatic carbocycles. The van der Waals surface area contributed by atoms with Crippen LogP contribution in [0.2, 0.25) is 0 Å². The van der Waals surface area contributed by atoms with E-state index in [1.165, 1.54) is 4.90 Å². The van der Waals surface area contributed by atoms with Crippen LogP contribution in [-0.2, 0) is 9.53 Å². The molecule has 0 aliphatic heterocycles. The molecule has 1 rings (SSSR count). The van der Waals surface area contributed by atoms with Gasteiger partial charge in [0.1, 0.15) is 0 Å². The Morgan fingerprint density at radius 2 is 1.95 bits per heavy atom. The number of carbonyl (C=O) groups is 2. The first-order valence-electron chi connectivity index (χ1n) is 7.21. The first-order chi connectivity index (χ1) is 9.37. The lowest BCUT2D eigenvalue weighted by molar-refractivity contribution is -0.148. The largest absolute Gasteiger partial charge is 0.481 e. The molecule has 2 amide bonds. The number of carboxylic acids is 1. The minimum absolute atomic E-state index is 0.139. The van der Waals surface area contributed by atoms with Crippen LogP contribution in [0.15, 0.2) is 0 Å². The van der Waals surface area contributed by atoms with Crippen LogP contribution in [0, 0.1) is 5.41 Å². The van der Waals surface area contributed by atoms with Crippen molar-refractivity contribution in [3.8, 4) is 0 Å². The Hall–Kier alpha value is -1.30. The topological polar surface area (TPSA) is 78.9 Å². The van der Waals surface area contributed by atoms with Crippen molar-refractivity contribution in [1.82, 2.24) is 10.2 Å². The third-order valence-electron chi connectivity index (χ3n) is 3.82. The number of hydrogen-bond donors (Lipinski definition) is 2. The van der Waals surface area contributed by atoms with Gasteiger partial charge in [-0.15, -0.1) is 0 Å². The highest BCUT2D eigenvalue weighted by molar-refractivity contribution is 5.78. The SMILES string of the molecule is CC(C)OCCN(C)C(=O)NCC1(C(=O)O)CCCC1. The number of urea groups is 1. The number of carbonyl (C=O) groups excluding carboxylic acids is 1. The molecule has 1 aliphatic rings. The van der Waals surface area contributed by atoms with E-state index in [0.717, 1.165) is 12.8 Å². The minimum Gasteiger partial charge on any atom is -0.481 e. The lowest BCUT2D eigenvalue weighted by Gasteiger charge is -2.26. The van der Waals surface area contributed by atoms with Gasteiger partial charge in [-0.25, -0.2) is 4.79 Å². The smallest absolute Gasteiger partial charge is 0.317 e. The first-order valence-corrected chi connectivity index (χ1v) is 7.21. The van der Waals surface area contributed by atoms with Gasteiger partial charge in [-0.1, -0.05) is 12.8 Å². The van der Waals surface area contributed by atoms with Crippen LogP contribution in [0.1, 0.15) is 39.5 Å². The molecular weight excluding hydrogens is 260 g/mol. The number of aliphatic carboxylic acids is 1. The zero-order valence-corrected chi connectivity index (χ0v) is 12.6. The average molecular weight is 286 g/mol. The molecule has 0 saturated heterocycles. The summed E-state index contributed by atoms with van der Waals surface area (Å²) < 4.78 is 5.38. The van der Waals surface area contributed by atoms with Crippen LogP contribution < -0.4 is 5.32 Å². The second kappa shape index (κ2) is 7.47. The van der Waals surface area contributed by atoms with Crippen LogP contribution >= 0.6 is 0 Å². The van der Waals surface area contributed by atoms with Gasteiger partial charge in [0, 0.05) is 20.1 Å². The molecule has 0 atom stereocenters. The summed E-state index contributed by atoms with van der Waals surface area (Å²) in [7, 11) is 1.68. The van der Waals surface area contributed by atoms with E-state index in [1.807, 2.05) is 13.8 Å². The molecule has 0 aromatic rings. The molecule has 6 heteroatoms. The van der Waals surface area contributed by atoms with Gasteiger partial charge in [0.2, 0.25) is 0 Å². The van der Waals surface area contributed by atoms with Gasteiger partial charge in [-0.05, 0) is 26.7 Å². The molecule has 2 N–H and O–H groups in total. The van der Waals surface area contributed by atoms with Crippen molar-refractivity contribution in [2.24, 2.45) is 5.41 Å². The predicted octanol–water partition coefficient (Wildman–Crippen LogP) is 1.70. The van der Waals surface area contributed by atoms with E-state index in [0.29, 0.717) is 26.0 Å². The van der Waals surface area contributed by atoms with E-state index in [2.05, 4.69) is 5.32 Å². The Balaban J connectivity index is 2.36. The number of amides is 2. The fraction of sp³-hybridized carbons (Fsp3) is 0.857. The summed E-state index contributed by atoms with van der Waals surface area (Å²) in [6.07, 6.45) is 3.26. The highest BCUT2D eigenvalue weighted by atomic mass is 16.5. The zero-order valence-electron chi connectivity index (χ0n) is 12.6. The Kier molecular flexibility index (Phi) is 6.26. The maximum Gasteiger partial charge on any atom is 0.317 e. The van der Waals surface area contributed by atoms with Crippen molar-refractivity contribution < 1.29 is 19.4 Å². The van der Waals surface area contributed by atoms with E-state index in [4.69, 9.17) is 4.74 Å². The molecule has 0 unspecified atom stereocenters. The summed E-state index contributed by atoms with van der Waals surface area (Å²) in [5.74, 6) is -0.805. The van der Waals surface area contributed by atoms with Crippen LogP contribution in [-0.4, -0.2) is 54.9 Å². The Morgan fingerprint density at radius 1 is 1.35 bits per heavy atom. The molecule has 0 bridgehead atoms. The fourth-order valence-electron chi connectivity index (χ4n) is 2.42. The molecule has 0 heterocycles. The molecule has 0 aromatic heterocycles. The number of ether oxygens (including phenoxy) is 1. The Labute approximate surface area is 120 Å². The molecule has 1 saturated carbocycles. The summed E-state index contributed by atoms with van der Waals surface area (Å²) in [5, 5.41) is 12.1. The maximum atomic E-state index is 11.9. The van der Waals surface area contributed by atoms with E-state index in [9.17, 15) is 14.7 Å². The standard InChI is InChI=1S/C14H26N2O4/c1-11(2)20-9-8-16(3)13(19)15-10-14(12(17)18)6-4-5-7-14/h11H,4-10H2,1-3H3,(H,15,19)(H,17,18). The van der Waals surface area contributed by atoms with Gasteiger partial charge in [0.15, 0.2) is 0 Å². The summed E-state index contributed by atoms with van der Waals surface area (Å²) in [4.78, 5) is 24.8. The third kappa shape index (κ3) is 4.67. The van der Waals surface area contributed by atoms with Crippen LogP contribution in [0.25, 0.3) is 0 Å². The lowest BCUT2D eigenvalue weighted by atomic mass is 9.86. The van der Waals surface area contributed by atoms with Crippen LogP contribution in [0.4, 0.5) is 4.79 Å². The van der Waals surface area contributed by atoms with Crippen molar-refractivity contribution >= 4 is 12.0 Å². The molecule has 0 spiro atoms. The molecule has 1 fully saturated rings. The lowest BCUT2D eigenvalue weighted by Crippen LogP contribution is -2.46. The Bertz CT molecular complexity index is 338. The van der Waals surface area contributed by atoms with Gasteiger partial charge in [0.25, 0.3) is 0 Å². The number of nitrogens with zero attached hydrogens (tertiary/aromatic N) is 1. The van der Waals surface area contributed by atoms with Crippen molar-refractivity contribution in [1.29, 1.82) is 0 Å². The fourth-order valence-corrected chi connectivity index (χ4v) is 2.42. The second-order valence-electron chi connectivity index (χ2n) is 5.79. The van der Waals surface area contributed by atoms with Gasteiger partial charge in [-0.2, -0.15) is 0 Å². The van der Waals surface area contributed by atoms with Gasteiger partial charge in [0.05, 0.1) is 18.1 Å². The quantitative estimate of drug-likeness (QED) is 0.746.